The lowest BCUT2D eigenvalue weighted by Gasteiger charge is -2.29. The van der Waals surface area contributed by atoms with Crippen LogP contribution in [0.25, 0.3) is 11.1 Å². The number of rotatable bonds is 6. The maximum atomic E-state index is 13.4. The van der Waals surface area contributed by atoms with Gasteiger partial charge in [0.1, 0.15) is 17.1 Å². The summed E-state index contributed by atoms with van der Waals surface area (Å²) in [6, 6.07) is 17.7. The van der Waals surface area contributed by atoms with Gasteiger partial charge in [0.25, 0.3) is 5.91 Å². The minimum atomic E-state index is -0.708. The summed E-state index contributed by atoms with van der Waals surface area (Å²) in [6.45, 7) is 7.19. The highest BCUT2D eigenvalue weighted by Gasteiger charge is 2.24. The first-order chi connectivity index (χ1) is 17.7. The van der Waals surface area contributed by atoms with E-state index in [4.69, 9.17) is 9.47 Å². The van der Waals surface area contributed by atoms with E-state index in [0.717, 1.165) is 42.7 Å². The molecule has 194 valence electrons. The van der Waals surface area contributed by atoms with Gasteiger partial charge in [-0.05, 0) is 82.0 Å². The van der Waals surface area contributed by atoms with Crippen LogP contribution in [-0.2, 0) is 4.74 Å². The first kappa shape index (κ1) is 26.1. The molecule has 0 spiro atoms. The zero-order chi connectivity index (χ0) is 26.6. The minimum Gasteiger partial charge on any atom is -0.507 e. The highest BCUT2D eigenvalue weighted by molar-refractivity contribution is 6.10. The molecule has 0 aliphatic carbocycles. The van der Waals surface area contributed by atoms with Crippen LogP contribution in [0.5, 0.6) is 11.5 Å². The van der Waals surface area contributed by atoms with Gasteiger partial charge < -0.3 is 24.8 Å². The average Bonchev–Trinajstić information content (AvgIpc) is 2.88. The zero-order valence-electron chi connectivity index (χ0n) is 21.8. The molecular formula is C30H34N2O5. The molecule has 2 N–H and O–H groups in total. The third-order valence-electron chi connectivity index (χ3n) is 6.25. The summed E-state index contributed by atoms with van der Waals surface area (Å²) in [7, 11) is 1.59. The summed E-state index contributed by atoms with van der Waals surface area (Å²) in [6.07, 6.45) is 3.38. The van der Waals surface area contributed by atoms with Gasteiger partial charge in [-0.15, -0.1) is 0 Å². The molecule has 7 heteroatoms. The number of ether oxygens (including phenoxy) is 2. The summed E-state index contributed by atoms with van der Waals surface area (Å²) >= 11 is 0. The molecule has 1 saturated heterocycles. The van der Waals surface area contributed by atoms with Crippen LogP contribution in [0.3, 0.4) is 0 Å². The molecule has 3 aromatic carbocycles. The number of amides is 1. The Kier molecular flexibility index (Phi) is 7.71. The Morgan fingerprint density at radius 3 is 2.35 bits per heavy atom. The number of methoxy groups -OCH3 is 1. The molecule has 1 aliphatic rings. The molecule has 4 rings (SSSR count). The van der Waals surface area contributed by atoms with E-state index in [1.807, 2.05) is 30.3 Å². The van der Waals surface area contributed by atoms with Gasteiger partial charge in [-0.25, -0.2) is 4.79 Å². The van der Waals surface area contributed by atoms with Gasteiger partial charge in [0.2, 0.25) is 0 Å². The Balaban J connectivity index is 1.72. The van der Waals surface area contributed by atoms with Crippen molar-refractivity contribution in [2.24, 2.45) is 0 Å². The SMILES string of the molecule is COc1ccccc1-c1ccc(C(=O)OC(C)(C)C)c(NC(=O)c2cc(N3CCCCC3)ccc2O)c1. The van der Waals surface area contributed by atoms with Crippen LogP contribution in [0.4, 0.5) is 11.4 Å². The Morgan fingerprint density at radius 1 is 0.919 bits per heavy atom. The number of phenolic OH excluding ortho intramolecular Hbond substituents is 1. The number of phenols is 1. The molecule has 1 fully saturated rings. The number of hydrogen-bond donors (Lipinski definition) is 2. The molecule has 1 aliphatic heterocycles. The van der Waals surface area contributed by atoms with E-state index < -0.39 is 17.5 Å². The predicted octanol–water partition coefficient (Wildman–Crippen LogP) is 6.27. The first-order valence-corrected chi connectivity index (χ1v) is 12.6. The van der Waals surface area contributed by atoms with Crippen molar-refractivity contribution in [2.45, 2.75) is 45.6 Å². The number of esters is 1. The highest BCUT2D eigenvalue weighted by atomic mass is 16.6. The Labute approximate surface area is 218 Å². The predicted molar refractivity (Wildman–Crippen MR) is 146 cm³/mol. The van der Waals surface area contributed by atoms with Gasteiger partial charge in [0.05, 0.1) is 23.9 Å². The van der Waals surface area contributed by atoms with E-state index in [-0.39, 0.29) is 22.6 Å². The number of piperidine rings is 1. The number of para-hydroxylation sites is 1. The average molecular weight is 503 g/mol. The van der Waals surface area contributed by atoms with Gasteiger partial charge >= 0.3 is 5.97 Å². The normalized spacial score (nSPS) is 13.7. The molecule has 0 radical (unpaired) electrons. The molecule has 1 heterocycles. The number of benzene rings is 3. The lowest BCUT2D eigenvalue weighted by atomic mass is 10.0. The molecule has 0 bridgehead atoms. The van der Waals surface area contributed by atoms with Crippen LogP contribution in [0, 0.1) is 0 Å². The van der Waals surface area contributed by atoms with E-state index in [0.29, 0.717) is 5.75 Å². The third kappa shape index (κ3) is 6.23. The minimum absolute atomic E-state index is 0.127. The molecule has 7 nitrogen and oxygen atoms in total. The number of carbonyl (C=O) groups excluding carboxylic acids is 2. The Hall–Kier alpha value is -4.00. The van der Waals surface area contributed by atoms with E-state index >= 15 is 0 Å². The number of nitrogens with one attached hydrogen (secondary N) is 1. The fraction of sp³-hybridized carbons (Fsp3) is 0.333. The van der Waals surface area contributed by atoms with Crippen molar-refractivity contribution in [1.29, 1.82) is 0 Å². The zero-order valence-corrected chi connectivity index (χ0v) is 21.8. The molecule has 0 saturated carbocycles. The van der Waals surface area contributed by atoms with Gasteiger partial charge in [-0.2, -0.15) is 0 Å². The van der Waals surface area contributed by atoms with Crippen molar-refractivity contribution in [3.05, 3.63) is 71.8 Å². The number of nitrogens with zero attached hydrogens (tertiary/aromatic N) is 1. The van der Waals surface area contributed by atoms with E-state index in [1.54, 1.807) is 58.2 Å². The fourth-order valence-electron chi connectivity index (χ4n) is 4.45. The van der Waals surface area contributed by atoms with Gasteiger partial charge in [0, 0.05) is 24.3 Å². The maximum Gasteiger partial charge on any atom is 0.340 e. The van der Waals surface area contributed by atoms with Gasteiger partial charge in [0.15, 0.2) is 0 Å². The topological polar surface area (TPSA) is 88.1 Å². The van der Waals surface area contributed by atoms with Gasteiger partial charge in [-0.1, -0.05) is 24.3 Å². The van der Waals surface area contributed by atoms with Crippen LogP contribution >= 0.6 is 0 Å². The van der Waals surface area contributed by atoms with E-state index in [2.05, 4.69) is 10.2 Å². The van der Waals surface area contributed by atoms with Crippen LogP contribution in [0.15, 0.2) is 60.7 Å². The summed E-state index contributed by atoms with van der Waals surface area (Å²) in [4.78, 5) is 28.7. The number of aromatic hydroxyl groups is 1. The van der Waals surface area contributed by atoms with Crippen LogP contribution < -0.4 is 15.0 Å². The van der Waals surface area contributed by atoms with Crippen LogP contribution in [-0.4, -0.2) is 42.8 Å². The van der Waals surface area contributed by atoms with Crippen molar-refractivity contribution in [1.82, 2.24) is 0 Å². The molecule has 0 unspecified atom stereocenters. The molecule has 37 heavy (non-hydrogen) atoms. The lowest BCUT2D eigenvalue weighted by molar-refractivity contribution is 0.00707. The third-order valence-corrected chi connectivity index (χ3v) is 6.25. The molecule has 0 aromatic heterocycles. The fourth-order valence-corrected chi connectivity index (χ4v) is 4.45. The smallest absolute Gasteiger partial charge is 0.340 e. The summed E-state index contributed by atoms with van der Waals surface area (Å²) < 4.78 is 11.1. The lowest BCUT2D eigenvalue weighted by Crippen LogP contribution is -2.29. The molecular weight excluding hydrogens is 468 g/mol. The maximum absolute atomic E-state index is 13.4. The first-order valence-electron chi connectivity index (χ1n) is 12.6. The Bertz CT molecular complexity index is 1290. The second kappa shape index (κ2) is 10.9. The number of carbonyl (C=O) groups is 2. The molecule has 1 amide bonds. The number of anilines is 2. The Morgan fingerprint density at radius 2 is 1.65 bits per heavy atom. The highest BCUT2D eigenvalue weighted by Crippen LogP contribution is 2.34. The number of hydrogen-bond acceptors (Lipinski definition) is 6. The van der Waals surface area contributed by atoms with Crippen LogP contribution in [0.2, 0.25) is 0 Å². The van der Waals surface area contributed by atoms with Crippen molar-refractivity contribution in [2.75, 3.05) is 30.4 Å². The largest absolute Gasteiger partial charge is 0.507 e. The second-order valence-corrected chi connectivity index (χ2v) is 10.2. The van der Waals surface area contributed by atoms with Crippen molar-refractivity contribution in [3.63, 3.8) is 0 Å². The van der Waals surface area contributed by atoms with Crippen molar-refractivity contribution in [3.8, 4) is 22.6 Å². The molecule has 0 atom stereocenters. The standard InChI is InChI=1S/C30H34N2O5/c1-30(2,3)37-29(35)23-14-12-20(22-10-6-7-11-27(22)36-4)18-25(23)31-28(34)24-19-21(13-15-26(24)33)32-16-8-5-9-17-32/h6-7,10-15,18-19,33H,5,8-9,16-17H2,1-4H3,(H,31,34). The summed E-state index contributed by atoms with van der Waals surface area (Å²) in [5, 5.41) is 13.4. The molecule has 3 aromatic rings. The van der Waals surface area contributed by atoms with E-state index in [1.165, 1.54) is 6.42 Å². The van der Waals surface area contributed by atoms with E-state index in [9.17, 15) is 14.7 Å². The van der Waals surface area contributed by atoms with Gasteiger partial charge in [-0.3, -0.25) is 4.79 Å². The summed E-state index contributed by atoms with van der Waals surface area (Å²) in [5.41, 5.74) is 2.39. The summed E-state index contributed by atoms with van der Waals surface area (Å²) in [5.74, 6) is -0.534. The van der Waals surface area contributed by atoms with Crippen molar-refractivity contribution < 1.29 is 24.2 Å². The quantitative estimate of drug-likeness (QED) is 0.387. The monoisotopic (exact) mass is 502 g/mol. The van der Waals surface area contributed by atoms with Crippen molar-refractivity contribution >= 4 is 23.3 Å². The van der Waals surface area contributed by atoms with Crippen LogP contribution in [0.1, 0.15) is 60.7 Å². The second-order valence-electron chi connectivity index (χ2n) is 10.2.